The number of aromatic nitrogens is 1. The summed E-state index contributed by atoms with van der Waals surface area (Å²) >= 11 is 0. The molecule has 1 aliphatic heterocycles. The Morgan fingerprint density at radius 2 is 2.00 bits per heavy atom. The van der Waals surface area contributed by atoms with Gasteiger partial charge in [-0.3, -0.25) is 4.90 Å². The van der Waals surface area contributed by atoms with Crippen LogP contribution in [0.1, 0.15) is 31.1 Å². The van der Waals surface area contributed by atoms with Gasteiger partial charge in [-0.25, -0.2) is 9.78 Å². The van der Waals surface area contributed by atoms with Gasteiger partial charge in [-0.1, -0.05) is 0 Å². The molecule has 1 fully saturated rings. The summed E-state index contributed by atoms with van der Waals surface area (Å²) in [6, 6.07) is 3.90. The lowest BCUT2D eigenvalue weighted by atomic mass is 10.2. The maximum atomic E-state index is 12.1. The van der Waals surface area contributed by atoms with E-state index in [-0.39, 0.29) is 12.1 Å². The summed E-state index contributed by atoms with van der Waals surface area (Å²) in [6.45, 7) is 11.0. The summed E-state index contributed by atoms with van der Waals surface area (Å²) in [5.41, 5.74) is 0.492. The number of nitrogens with one attached hydrogen (secondary N) is 1. The molecule has 0 aromatic carbocycles. The van der Waals surface area contributed by atoms with E-state index in [1.807, 2.05) is 13.8 Å². The summed E-state index contributed by atoms with van der Waals surface area (Å²) in [5, 5.41) is 3.31. The summed E-state index contributed by atoms with van der Waals surface area (Å²) in [4.78, 5) is 21.2. The quantitative estimate of drug-likeness (QED) is 0.805. The Kier molecular flexibility index (Phi) is 6.36. The van der Waals surface area contributed by atoms with Crippen molar-refractivity contribution in [2.24, 2.45) is 0 Å². The topological polar surface area (TPSA) is 57.7 Å². The molecule has 1 saturated heterocycles. The highest BCUT2D eigenvalue weighted by Crippen LogP contribution is 2.15. The zero-order valence-electron chi connectivity index (χ0n) is 14.6. The Bertz CT molecular complexity index is 513. The standard InChI is InChI=1S/C17H28N4O2/c1-13(2)23-17(22)15-6-5-7-18-16(15)19-12-14(3)21-10-8-20(4)9-11-21/h5-7,13-14H,8-12H2,1-4H3,(H,18,19). The highest BCUT2D eigenvalue weighted by molar-refractivity contribution is 5.94. The molecule has 1 unspecified atom stereocenters. The van der Waals surface area contributed by atoms with Crippen LogP contribution >= 0.6 is 0 Å². The number of anilines is 1. The fourth-order valence-electron chi connectivity index (χ4n) is 2.62. The van der Waals surface area contributed by atoms with Crippen LogP contribution in [0.4, 0.5) is 5.82 Å². The normalized spacial score (nSPS) is 18.0. The van der Waals surface area contributed by atoms with Crippen LogP contribution in [0.3, 0.4) is 0 Å². The van der Waals surface area contributed by atoms with E-state index in [2.05, 4.69) is 34.1 Å². The first-order valence-corrected chi connectivity index (χ1v) is 8.30. The molecule has 0 bridgehead atoms. The molecular weight excluding hydrogens is 292 g/mol. The van der Waals surface area contributed by atoms with Crippen LogP contribution in [0, 0.1) is 0 Å². The van der Waals surface area contributed by atoms with Gasteiger partial charge in [0.15, 0.2) is 0 Å². The molecule has 1 N–H and O–H groups in total. The van der Waals surface area contributed by atoms with Gasteiger partial charge in [-0.05, 0) is 40.0 Å². The molecule has 23 heavy (non-hydrogen) atoms. The molecule has 128 valence electrons. The van der Waals surface area contributed by atoms with Crippen LogP contribution in [-0.2, 0) is 4.74 Å². The molecular formula is C17H28N4O2. The highest BCUT2D eigenvalue weighted by Gasteiger charge is 2.20. The first-order valence-electron chi connectivity index (χ1n) is 8.30. The molecule has 1 atom stereocenters. The number of carbonyl (C=O) groups is 1. The molecule has 2 rings (SSSR count). The van der Waals surface area contributed by atoms with Gasteiger partial charge >= 0.3 is 5.97 Å². The van der Waals surface area contributed by atoms with Gasteiger partial charge in [0.25, 0.3) is 0 Å². The van der Waals surface area contributed by atoms with Crippen molar-refractivity contribution in [2.45, 2.75) is 32.9 Å². The number of pyridine rings is 1. The monoisotopic (exact) mass is 320 g/mol. The maximum absolute atomic E-state index is 12.1. The minimum atomic E-state index is -0.331. The van der Waals surface area contributed by atoms with E-state index >= 15 is 0 Å². The van der Waals surface area contributed by atoms with Crippen LogP contribution in [0.15, 0.2) is 18.3 Å². The fourth-order valence-corrected chi connectivity index (χ4v) is 2.62. The summed E-state index contributed by atoms with van der Waals surface area (Å²) in [6.07, 6.45) is 1.55. The Hall–Kier alpha value is -1.66. The second kappa shape index (κ2) is 8.26. The molecule has 1 aliphatic rings. The van der Waals surface area contributed by atoms with Gasteiger partial charge in [0.2, 0.25) is 0 Å². The molecule has 6 heteroatoms. The van der Waals surface area contributed by atoms with Crippen molar-refractivity contribution in [2.75, 3.05) is 45.1 Å². The van der Waals surface area contributed by atoms with Gasteiger partial charge in [-0.15, -0.1) is 0 Å². The van der Waals surface area contributed by atoms with Crippen LogP contribution in [-0.4, -0.2) is 72.7 Å². The van der Waals surface area contributed by atoms with Crippen LogP contribution in [0.2, 0.25) is 0 Å². The third kappa shape index (κ3) is 5.18. The zero-order chi connectivity index (χ0) is 16.8. The first-order chi connectivity index (χ1) is 11.0. The fraction of sp³-hybridized carbons (Fsp3) is 0.647. The summed E-state index contributed by atoms with van der Waals surface area (Å²) in [7, 11) is 2.15. The predicted octanol–water partition coefficient (Wildman–Crippen LogP) is 1.69. The number of rotatable bonds is 6. The average Bonchev–Trinajstić information content (AvgIpc) is 2.53. The van der Waals surface area contributed by atoms with Gasteiger partial charge in [0.05, 0.1) is 6.10 Å². The Balaban J connectivity index is 1.93. The number of piperazine rings is 1. The Morgan fingerprint density at radius 1 is 1.30 bits per heavy atom. The zero-order valence-corrected chi connectivity index (χ0v) is 14.6. The van der Waals surface area contributed by atoms with Gasteiger partial charge < -0.3 is 15.0 Å². The van der Waals surface area contributed by atoms with Crippen LogP contribution < -0.4 is 5.32 Å². The minimum absolute atomic E-state index is 0.139. The van der Waals surface area contributed by atoms with Gasteiger partial charge in [0, 0.05) is 45.0 Å². The molecule has 0 spiro atoms. The molecule has 0 saturated carbocycles. The van der Waals surface area contributed by atoms with Crippen LogP contribution in [0.25, 0.3) is 0 Å². The van der Waals surface area contributed by atoms with E-state index in [9.17, 15) is 4.79 Å². The smallest absolute Gasteiger partial charge is 0.342 e. The largest absolute Gasteiger partial charge is 0.459 e. The van der Waals surface area contributed by atoms with Crippen molar-refractivity contribution >= 4 is 11.8 Å². The van der Waals surface area contributed by atoms with Crippen molar-refractivity contribution in [3.05, 3.63) is 23.9 Å². The number of ether oxygens (including phenoxy) is 1. The summed E-state index contributed by atoms with van der Waals surface area (Å²) in [5.74, 6) is 0.266. The molecule has 2 heterocycles. The van der Waals surface area contributed by atoms with E-state index in [1.54, 1.807) is 18.3 Å². The van der Waals surface area contributed by atoms with E-state index < -0.39 is 0 Å². The lowest BCUT2D eigenvalue weighted by Crippen LogP contribution is -2.50. The number of likely N-dealkylation sites (N-methyl/N-ethyl adjacent to an activating group) is 1. The second-order valence-electron chi connectivity index (χ2n) is 6.42. The third-order valence-corrected chi connectivity index (χ3v) is 4.10. The van der Waals surface area contributed by atoms with Gasteiger partial charge in [-0.2, -0.15) is 0 Å². The van der Waals surface area contributed by atoms with Crippen molar-refractivity contribution in [3.8, 4) is 0 Å². The molecule has 1 aromatic rings. The number of hydrogen-bond acceptors (Lipinski definition) is 6. The van der Waals surface area contributed by atoms with Crippen molar-refractivity contribution in [1.29, 1.82) is 0 Å². The molecule has 0 amide bonds. The van der Waals surface area contributed by atoms with E-state index in [0.29, 0.717) is 17.4 Å². The lowest BCUT2D eigenvalue weighted by Gasteiger charge is -2.36. The van der Waals surface area contributed by atoms with Crippen LogP contribution in [0.5, 0.6) is 0 Å². The highest BCUT2D eigenvalue weighted by atomic mass is 16.5. The number of carbonyl (C=O) groups excluding carboxylic acids is 1. The van der Waals surface area contributed by atoms with Crippen molar-refractivity contribution in [1.82, 2.24) is 14.8 Å². The predicted molar refractivity (Wildman–Crippen MR) is 91.8 cm³/mol. The maximum Gasteiger partial charge on any atom is 0.342 e. The summed E-state index contributed by atoms with van der Waals surface area (Å²) < 4.78 is 5.28. The van der Waals surface area contributed by atoms with Crippen molar-refractivity contribution in [3.63, 3.8) is 0 Å². The third-order valence-electron chi connectivity index (χ3n) is 4.10. The van der Waals surface area contributed by atoms with E-state index in [4.69, 9.17) is 4.74 Å². The minimum Gasteiger partial charge on any atom is -0.459 e. The van der Waals surface area contributed by atoms with Crippen molar-refractivity contribution < 1.29 is 9.53 Å². The molecule has 6 nitrogen and oxygen atoms in total. The first kappa shape index (κ1) is 17.7. The number of esters is 1. The average molecular weight is 320 g/mol. The number of nitrogens with zero attached hydrogens (tertiary/aromatic N) is 3. The molecule has 0 aliphatic carbocycles. The SMILES string of the molecule is CC(C)OC(=O)c1cccnc1NCC(C)N1CCN(C)CC1. The van der Waals surface area contributed by atoms with Gasteiger partial charge in [0.1, 0.15) is 11.4 Å². The second-order valence-corrected chi connectivity index (χ2v) is 6.42. The Labute approximate surface area is 138 Å². The molecule has 1 aromatic heterocycles. The molecule has 0 radical (unpaired) electrons. The lowest BCUT2D eigenvalue weighted by molar-refractivity contribution is 0.0378. The number of hydrogen-bond donors (Lipinski definition) is 1. The Morgan fingerprint density at radius 3 is 2.65 bits per heavy atom. The van der Waals surface area contributed by atoms with E-state index in [1.165, 1.54) is 0 Å². The van der Waals surface area contributed by atoms with E-state index in [0.717, 1.165) is 32.7 Å².